The first kappa shape index (κ1) is 12.6. The largest absolute Gasteiger partial charge is 0.332 e. The maximum Gasteiger partial charge on any atom is 0.258 e. The van der Waals surface area contributed by atoms with Gasteiger partial charge < -0.3 is 10.6 Å². The molecule has 0 aliphatic carbocycles. The molecule has 1 rings (SSSR count). The van der Waals surface area contributed by atoms with E-state index in [1.54, 1.807) is 0 Å². The molecule has 1 aliphatic heterocycles. The maximum atomic E-state index is 12.1. The average molecular weight is 215 g/mol. The number of amides is 1. The molecule has 0 spiro atoms. The number of hydrogen-bond donors (Lipinski definition) is 1. The second kappa shape index (κ2) is 4.72. The summed E-state index contributed by atoms with van der Waals surface area (Å²) in [4.78, 5) is 12.3. The summed E-state index contributed by atoms with van der Waals surface area (Å²) in [5.74, 6) is -0.383. The number of hydrogen-bond acceptors (Lipinski definition) is 2. The van der Waals surface area contributed by atoms with E-state index in [9.17, 15) is 13.6 Å². The maximum absolute atomic E-state index is 12.1. The molecule has 1 fully saturated rings. The lowest BCUT2D eigenvalue weighted by Gasteiger charge is -2.41. The van der Waals surface area contributed by atoms with Crippen LogP contribution in [-0.4, -0.2) is 35.9 Å². The SMILES string of the molecule is C[C@@H](N)C(=O)N1CC[C@@H]1C(F)F.Cl. The number of halogens is 3. The fourth-order valence-corrected chi connectivity index (χ4v) is 1.20. The molecule has 0 aromatic carbocycles. The Kier molecular flexibility index (Phi) is 4.56. The van der Waals surface area contributed by atoms with Gasteiger partial charge in [0.2, 0.25) is 5.91 Å². The molecule has 6 heteroatoms. The van der Waals surface area contributed by atoms with E-state index in [-0.39, 0.29) is 18.3 Å². The molecule has 0 unspecified atom stereocenters. The highest BCUT2D eigenvalue weighted by molar-refractivity contribution is 5.85. The van der Waals surface area contributed by atoms with Gasteiger partial charge in [-0.15, -0.1) is 12.4 Å². The third-order valence-corrected chi connectivity index (χ3v) is 2.03. The minimum Gasteiger partial charge on any atom is -0.332 e. The number of nitrogens with two attached hydrogens (primary N) is 1. The zero-order valence-corrected chi connectivity index (χ0v) is 8.06. The zero-order chi connectivity index (χ0) is 9.30. The summed E-state index contributed by atoms with van der Waals surface area (Å²) >= 11 is 0. The van der Waals surface area contributed by atoms with Crippen LogP contribution < -0.4 is 5.73 Å². The molecule has 3 nitrogen and oxygen atoms in total. The predicted octanol–water partition coefficient (Wildman–Crippen LogP) is 0.621. The Morgan fingerprint density at radius 1 is 1.62 bits per heavy atom. The molecule has 0 saturated carbocycles. The lowest BCUT2D eigenvalue weighted by Crippen LogP contribution is -2.58. The predicted molar refractivity (Wildman–Crippen MR) is 47.0 cm³/mol. The summed E-state index contributed by atoms with van der Waals surface area (Å²) in [5, 5.41) is 0. The van der Waals surface area contributed by atoms with Crippen LogP contribution in [0.5, 0.6) is 0 Å². The summed E-state index contributed by atoms with van der Waals surface area (Å²) in [5.41, 5.74) is 5.27. The summed E-state index contributed by atoms with van der Waals surface area (Å²) in [7, 11) is 0. The fourth-order valence-electron chi connectivity index (χ4n) is 1.20. The van der Waals surface area contributed by atoms with Gasteiger partial charge >= 0.3 is 0 Å². The Bertz CT molecular complexity index is 189. The van der Waals surface area contributed by atoms with E-state index in [0.717, 1.165) is 4.90 Å². The molecule has 0 aromatic heterocycles. The second-order valence-electron chi connectivity index (χ2n) is 3.01. The van der Waals surface area contributed by atoms with Crippen LogP contribution in [0.1, 0.15) is 13.3 Å². The minimum absolute atomic E-state index is 0. The highest BCUT2D eigenvalue weighted by atomic mass is 35.5. The first-order valence-electron chi connectivity index (χ1n) is 3.88. The Hall–Kier alpha value is -0.420. The van der Waals surface area contributed by atoms with Crippen LogP contribution in [0.4, 0.5) is 8.78 Å². The summed E-state index contributed by atoms with van der Waals surface area (Å²) < 4.78 is 24.2. The van der Waals surface area contributed by atoms with Gasteiger partial charge in [-0.1, -0.05) is 0 Å². The molecule has 2 N–H and O–H groups in total. The van der Waals surface area contributed by atoms with Gasteiger partial charge in [0.15, 0.2) is 0 Å². The van der Waals surface area contributed by atoms with Gasteiger partial charge in [0, 0.05) is 6.54 Å². The smallest absolute Gasteiger partial charge is 0.258 e. The van der Waals surface area contributed by atoms with Crippen molar-refractivity contribution >= 4 is 18.3 Å². The Labute approximate surface area is 81.7 Å². The molecule has 0 radical (unpaired) electrons. The van der Waals surface area contributed by atoms with Crippen LogP contribution in [0.15, 0.2) is 0 Å². The average Bonchev–Trinajstić information content (AvgIpc) is 1.82. The Morgan fingerprint density at radius 3 is 2.38 bits per heavy atom. The fraction of sp³-hybridized carbons (Fsp3) is 0.857. The number of alkyl halides is 2. The first-order chi connectivity index (χ1) is 5.54. The van der Waals surface area contributed by atoms with E-state index in [1.165, 1.54) is 6.92 Å². The van der Waals surface area contributed by atoms with Gasteiger partial charge in [-0.2, -0.15) is 0 Å². The van der Waals surface area contributed by atoms with E-state index in [1.807, 2.05) is 0 Å². The lowest BCUT2D eigenvalue weighted by molar-refractivity contribution is -0.146. The van der Waals surface area contributed by atoms with E-state index < -0.39 is 18.5 Å². The van der Waals surface area contributed by atoms with Crippen LogP contribution in [-0.2, 0) is 4.79 Å². The van der Waals surface area contributed by atoms with Gasteiger partial charge in [0.05, 0.1) is 12.1 Å². The number of nitrogens with zero attached hydrogens (tertiary/aromatic N) is 1. The highest BCUT2D eigenvalue weighted by Crippen LogP contribution is 2.23. The molecule has 13 heavy (non-hydrogen) atoms. The summed E-state index contributed by atoms with van der Waals surface area (Å²) in [6.45, 7) is 1.92. The third kappa shape index (κ3) is 2.51. The van der Waals surface area contributed by atoms with Crippen LogP contribution in [0.3, 0.4) is 0 Å². The Morgan fingerprint density at radius 2 is 2.15 bits per heavy atom. The topological polar surface area (TPSA) is 46.3 Å². The van der Waals surface area contributed by atoms with E-state index in [2.05, 4.69) is 0 Å². The molecule has 0 bridgehead atoms. The van der Waals surface area contributed by atoms with Gasteiger partial charge in [0.25, 0.3) is 6.43 Å². The van der Waals surface area contributed by atoms with Gasteiger partial charge in [0.1, 0.15) is 0 Å². The molecule has 0 aromatic rings. The van der Waals surface area contributed by atoms with Crippen molar-refractivity contribution in [2.75, 3.05) is 6.54 Å². The van der Waals surface area contributed by atoms with Crippen LogP contribution >= 0.6 is 12.4 Å². The van der Waals surface area contributed by atoms with E-state index in [0.29, 0.717) is 13.0 Å². The van der Waals surface area contributed by atoms with Crippen molar-refractivity contribution in [3.05, 3.63) is 0 Å². The molecule has 2 atom stereocenters. The molecule has 78 valence electrons. The second-order valence-corrected chi connectivity index (χ2v) is 3.01. The molecular weight excluding hydrogens is 202 g/mol. The molecule has 1 saturated heterocycles. The Balaban J connectivity index is 0.00000144. The van der Waals surface area contributed by atoms with E-state index >= 15 is 0 Å². The first-order valence-corrected chi connectivity index (χ1v) is 3.88. The zero-order valence-electron chi connectivity index (χ0n) is 7.24. The van der Waals surface area contributed by atoms with Crippen LogP contribution in [0.25, 0.3) is 0 Å². The molecule has 1 aliphatic rings. The molecular formula is C7H13ClF2N2O. The number of rotatable bonds is 2. The number of carbonyl (C=O) groups is 1. The third-order valence-electron chi connectivity index (χ3n) is 2.03. The van der Waals surface area contributed by atoms with Crippen molar-refractivity contribution in [3.63, 3.8) is 0 Å². The van der Waals surface area contributed by atoms with Crippen molar-refractivity contribution in [1.29, 1.82) is 0 Å². The van der Waals surface area contributed by atoms with Crippen LogP contribution in [0.2, 0.25) is 0 Å². The minimum atomic E-state index is -2.44. The van der Waals surface area contributed by atoms with Gasteiger partial charge in [-0.25, -0.2) is 8.78 Å². The summed E-state index contributed by atoms with van der Waals surface area (Å²) in [6, 6.07) is -1.57. The van der Waals surface area contributed by atoms with Gasteiger partial charge in [-0.3, -0.25) is 4.79 Å². The summed E-state index contributed by atoms with van der Waals surface area (Å²) in [6.07, 6.45) is -2.06. The number of carbonyl (C=O) groups excluding carboxylic acids is 1. The quantitative estimate of drug-likeness (QED) is 0.733. The number of likely N-dealkylation sites (tertiary alicyclic amines) is 1. The van der Waals surface area contributed by atoms with Crippen molar-refractivity contribution in [2.24, 2.45) is 5.73 Å². The van der Waals surface area contributed by atoms with Crippen molar-refractivity contribution in [1.82, 2.24) is 4.90 Å². The monoisotopic (exact) mass is 214 g/mol. The standard InChI is InChI=1S/C7H12F2N2O.ClH/c1-4(10)7(12)11-3-2-5(11)6(8)9;/h4-6H,2-3,10H2,1H3;1H/t4-,5-;/m1./s1. The van der Waals surface area contributed by atoms with Crippen molar-refractivity contribution < 1.29 is 13.6 Å². The van der Waals surface area contributed by atoms with E-state index in [4.69, 9.17) is 5.73 Å². The lowest BCUT2D eigenvalue weighted by atomic mass is 10.0. The van der Waals surface area contributed by atoms with Crippen molar-refractivity contribution in [3.8, 4) is 0 Å². The normalized spacial score (nSPS) is 23.5. The van der Waals surface area contributed by atoms with Crippen molar-refractivity contribution in [2.45, 2.75) is 31.9 Å². The van der Waals surface area contributed by atoms with Gasteiger partial charge in [-0.05, 0) is 13.3 Å². The van der Waals surface area contributed by atoms with Crippen LogP contribution in [0, 0.1) is 0 Å². The highest BCUT2D eigenvalue weighted by Gasteiger charge is 2.39. The molecule has 1 heterocycles. The molecule has 1 amide bonds.